The standard InChI is InChI=1S/C30H37N13O2/c1-40-25-11-12-27(37-28(25)43(20-22-5-3-2-4-6-22)26(30(40)45)19-34-38-31)36-24-9-7-23(8-10-24)29(44)33-13-14-41-15-17-42(18-16-41)21-35-39-32/h2-12,26,28,36-37H,13-21H2,1H3,(H,33,44)/t26-,28?/m1/s1. The van der Waals surface area contributed by atoms with Crippen LogP contribution in [0.1, 0.15) is 15.9 Å². The molecule has 0 saturated carbocycles. The second-order valence-corrected chi connectivity index (χ2v) is 11.0. The van der Waals surface area contributed by atoms with Crippen molar-refractivity contribution in [1.29, 1.82) is 0 Å². The zero-order chi connectivity index (χ0) is 31.6. The van der Waals surface area contributed by atoms with Crippen molar-refractivity contribution in [1.82, 2.24) is 30.2 Å². The summed E-state index contributed by atoms with van der Waals surface area (Å²) in [6.45, 7) is 5.58. The third kappa shape index (κ3) is 7.92. The van der Waals surface area contributed by atoms with Crippen LogP contribution < -0.4 is 16.0 Å². The van der Waals surface area contributed by atoms with Crippen molar-refractivity contribution in [3.63, 3.8) is 0 Å². The highest BCUT2D eigenvalue weighted by molar-refractivity contribution is 5.94. The predicted molar refractivity (Wildman–Crippen MR) is 170 cm³/mol. The molecule has 3 aliphatic rings. The first-order chi connectivity index (χ1) is 22.0. The predicted octanol–water partition coefficient (Wildman–Crippen LogP) is 3.02. The molecule has 2 saturated heterocycles. The van der Waals surface area contributed by atoms with Crippen LogP contribution in [0.4, 0.5) is 5.69 Å². The first-order valence-electron chi connectivity index (χ1n) is 14.8. The van der Waals surface area contributed by atoms with Crippen molar-refractivity contribution in [2.24, 2.45) is 10.2 Å². The number of piperazine rings is 2. The van der Waals surface area contributed by atoms with E-state index in [0.29, 0.717) is 25.3 Å². The number of nitrogens with zero attached hydrogens (tertiary/aromatic N) is 10. The fourth-order valence-electron chi connectivity index (χ4n) is 5.68. The van der Waals surface area contributed by atoms with Crippen molar-refractivity contribution in [2.75, 3.05) is 64.8 Å². The molecule has 2 atom stereocenters. The summed E-state index contributed by atoms with van der Waals surface area (Å²) in [5.74, 6) is 0.457. The average Bonchev–Trinajstić information content (AvgIpc) is 3.07. The highest BCUT2D eigenvalue weighted by atomic mass is 16.2. The van der Waals surface area contributed by atoms with E-state index in [1.54, 1.807) is 24.1 Å². The minimum absolute atomic E-state index is 0.0173. The molecule has 2 aromatic rings. The summed E-state index contributed by atoms with van der Waals surface area (Å²) in [6.07, 6.45) is 3.44. The first kappa shape index (κ1) is 31.4. The van der Waals surface area contributed by atoms with E-state index >= 15 is 0 Å². The van der Waals surface area contributed by atoms with Crippen molar-refractivity contribution in [3.05, 3.63) is 110 Å². The summed E-state index contributed by atoms with van der Waals surface area (Å²) < 4.78 is 0. The number of nitrogens with one attached hydrogen (secondary N) is 3. The Balaban J connectivity index is 1.18. The Labute approximate surface area is 261 Å². The molecule has 0 aromatic heterocycles. The minimum Gasteiger partial charge on any atom is -0.351 e. The third-order valence-corrected chi connectivity index (χ3v) is 8.18. The molecule has 0 bridgehead atoms. The molecule has 2 amide bonds. The Morgan fingerprint density at radius 1 is 0.978 bits per heavy atom. The van der Waals surface area contributed by atoms with Gasteiger partial charge in [-0.15, -0.1) is 0 Å². The largest absolute Gasteiger partial charge is 0.351 e. The Kier molecular flexibility index (Phi) is 10.5. The van der Waals surface area contributed by atoms with Gasteiger partial charge in [-0.1, -0.05) is 40.6 Å². The van der Waals surface area contributed by atoms with Crippen molar-refractivity contribution >= 4 is 17.5 Å². The average molecular weight is 612 g/mol. The lowest BCUT2D eigenvalue weighted by atomic mass is 10.0. The Morgan fingerprint density at radius 2 is 1.69 bits per heavy atom. The number of likely N-dealkylation sites (N-methyl/N-ethyl adjacent to an activating group) is 1. The van der Waals surface area contributed by atoms with Crippen LogP contribution in [0.25, 0.3) is 20.9 Å². The molecule has 1 unspecified atom stereocenters. The fraction of sp³-hybridized carbons (Fsp3) is 0.400. The molecule has 3 N–H and O–H groups in total. The van der Waals surface area contributed by atoms with Gasteiger partial charge in [0.1, 0.15) is 12.0 Å². The highest BCUT2D eigenvalue weighted by Gasteiger charge is 2.43. The van der Waals surface area contributed by atoms with E-state index in [1.807, 2.05) is 59.5 Å². The number of dihydropyridines is 1. The summed E-state index contributed by atoms with van der Waals surface area (Å²) in [5.41, 5.74) is 20.6. The number of azide groups is 2. The van der Waals surface area contributed by atoms with Crippen molar-refractivity contribution in [2.45, 2.75) is 18.8 Å². The molecule has 0 aliphatic carbocycles. The monoisotopic (exact) mass is 611 g/mol. The van der Waals surface area contributed by atoms with Gasteiger partial charge in [-0.3, -0.25) is 24.3 Å². The molecule has 234 valence electrons. The molecule has 2 fully saturated rings. The molecule has 3 heterocycles. The van der Waals surface area contributed by atoms with Gasteiger partial charge < -0.3 is 20.9 Å². The van der Waals surface area contributed by atoms with Crippen molar-refractivity contribution < 1.29 is 9.59 Å². The molecular formula is C30H37N13O2. The number of fused-ring (bicyclic) bond motifs is 1. The quantitative estimate of drug-likeness (QED) is 0.187. The number of anilines is 1. The highest BCUT2D eigenvalue weighted by Crippen LogP contribution is 2.29. The molecule has 45 heavy (non-hydrogen) atoms. The van der Waals surface area contributed by atoms with Crippen LogP contribution in [0, 0.1) is 0 Å². The molecule has 3 aliphatic heterocycles. The second-order valence-electron chi connectivity index (χ2n) is 11.0. The van der Waals surface area contributed by atoms with E-state index < -0.39 is 6.04 Å². The summed E-state index contributed by atoms with van der Waals surface area (Å²) in [6, 6.07) is 16.5. The molecule has 15 heteroatoms. The summed E-state index contributed by atoms with van der Waals surface area (Å²) >= 11 is 0. The van der Waals surface area contributed by atoms with Gasteiger partial charge in [0.15, 0.2) is 0 Å². The molecule has 0 spiro atoms. The topological polar surface area (TPSA) is 181 Å². The number of allylic oxidation sites excluding steroid dienone is 2. The molecule has 5 rings (SSSR count). The SMILES string of the molecule is CN1C(=O)[C@@H](CN=[N+]=[N-])N(Cc2ccccc2)C2NC(Nc3ccc(C(=O)NCCN4CCN(CN=[N+]=[N-])CC4)cc3)=CC=C21. The number of rotatable bonds is 12. The van der Waals surface area contributed by atoms with Crippen LogP contribution >= 0.6 is 0 Å². The zero-order valence-electron chi connectivity index (χ0n) is 25.2. The minimum atomic E-state index is -0.633. The summed E-state index contributed by atoms with van der Waals surface area (Å²) in [5, 5.41) is 17.2. The molecular weight excluding hydrogens is 574 g/mol. The van der Waals surface area contributed by atoms with Crippen LogP contribution in [-0.2, 0) is 11.3 Å². The van der Waals surface area contributed by atoms with Gasteiger partial charge >= 0.3 is 0 Å². The van der Waals surface area contributed by atoms with E-state index in [9.17, 15) is 9.59 Å². The van der Waals surface area contributed by atoms with Crippen molar-refractivity contribution in [3.8, 4) is 0 Å². The molecule has 0 radical (unpaired) electrons. The summed E-state index contributed by atoms with van der Waals surface area (Å²) in [4.78, 5) is 39.8. The third-order valence-electron chi connectivity index (χ3n) is 8.18. The maximum absolute atomic E-state index is 13.3. The molecule has 2 aromatic carbocycles. The Morgan fingerprint density at radius 3 is 2.40 bits per heavy atom. The molecule has 15 nitrogen and oxygen atoms in total. The second kappa shape index (κ2) is 15.1. The number of carbonyl (C=O) groups excluding carboxylic acids is 2. The van der Waals surface area contributed by atoms with Gasteiger partial charge in [0.05, 0.1) is 25.0 Å². The van der Waals surface area contributed by atoms with E-state index in [0.717, 1.165) is 55.5 Å². The van der Waals surface area contributed by atoms with Crippen LogP contribution in [0.15, 0.2) is 88.5 Å². The van der Waals surface area contributed by atoms with Gasteiger partial charge in [-0.25, -0.2) is 0 Å². The maximum atomic E-state index is 13.3. The zero-order valence-corrected chi connectivity index (χ0v) is 25.2. The van der Waals surface area contributed by atoms with E-state index in [-0.39, 0.29) is 24.5 Å². The van der Waals surface area contributed by atoms with Crippen LogP contribution in [0.5, 0.6) is 0 Å². The van der Waals surface area contributed by atoms with Gasteiger partial charge in [0.25, 0.3) is 5.91 Å². The number of hydrogen-bond acceptors (Lipinski definition) is 9. The number of benzene rings is 2. The van der Waals surface area contributed by atoms with E-state index in [1.165, 1.54) is 0 Å². The number of hydrogen-bond donors (Lipinski definition) is 3. The fourth-order valence-corrected chi connectivity index (χ4v) is 5.68. The van der Waals surface area contributed by atoms with Gasteiger partial charge in [-0.2, -0.15) is 0 Å². The number of amides is 2. The lowest BCUT2D eigenvalue weighted by molar-refractivity contribution is -0.140. The van der Waals surface area contributed by atoms with E-state index in [2.05, 4.69) is 45.8 Å². The smallest absolute Gasteiger partial charge is 0.251 e. The lowest BCUT2D eigenvalue weighted by Gasteiger charge is -2.48. The normalized spacial score (nSPS) is 20.5. The van der Waals surface area contributed by atoms with Gasteiger partial charge in [-0.05, 0) is 53.0 Å². The van der Waals surface area contributed by atoms with Crippen LogP contribution in [-0.4, -0.2) is 103 Å². The van der Waals surface area contributed by atoms with Gasteiger partial charge in [0.2, 0.25) is 5.91 Å². The van der Waals surface area contributed by atoms with E-state index in [4.69, 9.17) is 11.1 Å². The first-order valence-corrected chi connectivity index (χ1v) is 14.8. The maximum Gasteiger partial charge on any atom is 0.251 e. The lowest BCUT2D eigenvalue weighted by Crippen LogP contribution is -2.64. The van der Waals surface area contributed by atoms with Crippen LogP contribution in [0.2, 0.25) is 0 Å². The Bertz CT molecular complexity index is 1510. The Hall–Kier alpha value is -5.04. The van der Waals surface area contributed by atoms with Gasteiger partial charge in [0, 0.05) is 73.9 Å². The summed E-state index contributed by atoms with van der Waals surface area (Å²) in [7, 11) is 1.73. The van der Waals surface area contributed by atoms with Crippen LogP contribution in [0.3, 0.4) is 0 Å². The number of carbonyl (C=O) groups is 2.